The van der Waals surface area contributed by atoms with Crippen LogP contribution in [-0.2, 0) is 9.59 Å². The molecule has 0 saturated heterocycles. The number of hydrogen-bond donors (Lipinski definition) is 5. The van der Waals surface area contributed by atoms with Crippen molar-refractivity contribution in [3.05, 3.63) is 0 Å². The van der Waals surface area contributed by atoms with Gasteiger partial charge in [-0.3, -0.25) is 4.79 Å². The van der Waals surface area contributed by atoms with Gasteiger partial charge in [-0.05, 0) is 13.8 Å². The van der Waals surface area contributed by atoms with E-state index in [4.69, 9.17) is 15.9 Å². The van der Waals surface area contributed by atoms with Crippen LogP contribution in [0.2, 0.25) is 0 Å². The largest absolute Gasteiger partial charge is 0.480 e. The molecular formula is C10H19N3O5. The van der Waals surface area contributed by atoms with E-state index in [0.29, 0.717) is 0 Å². The second-order valence-electron chi connectivity index (χ2n) is 4.48. The number of primary amides is 1. The number of rotatable bonds is 7. The zero-order valence-electron chi connectivity index (χ0n) is 10.4. The molecule has 0 spiro atoms. The van der Waals surface area contributed by atoms with Gasteiger partial charge in [-0.15, -0.1) is 0 Å². The Labute approximate surface area is 105 Å². The number of carboxylic acid groups (broad SMARTS) is 1. The first-order valence-corrected chi connectivity index (χ1v) is 5.38. The van der Waals surface area contributed by atoms with Gasteiger partial charge in [-0.1, -0.05) is 0 Å². The van der Waals surface area contributed by atoms with Crippen LogP contribution in [-0.4, -0.2) is 47.3 Å². The minimum atomic E-state index is -1.24. The molecule has 104 valence electrons. The van der Waals surface area contributed by atoms with Gasteiger partial charge in [-0.2, -0.15) is 0 Å². The zero-order chi connectivity index (χ0) is 14.3. The smallest absolute Gasteiger partial charge is 0.326 e. The number of carboxylic acids is 1. The fourth-order valence-electron chi connectivity index (χ4n) is 0.984. The van der Waals surface area contributed by atoms with Crippen molar-refractivity contribution < 1.29 is 24.6 Å². The van der Waals surface area contributed by atoms with Crippen molar-refractivity contribution in [2.75, 3.05) is 13.2 Å². The molecule has 0 fully saturated rings. The summed E-state index contributed by atoms with van der Waals surface area (Å²) in [4.78, 5) is 33.1. The highest BCUT2D eigenvalue weighted by Crippen LogP contribution is 2.11. The van der Waals surface area contributed by atoms with Gasteiger partial charge in [0.25, 0.3) is 0 Å². The van der Waals surface area contributed by atoms with E-state index in [1.54, 1.807) is 13.8 Å². The maximum atomic E-state index is 11.4. The number of urea groups is 1. The molecule has 0 heterocycles. The Kier molecular flexibility index (Phi) is 6.11. The average Bonchev–Trinajstić information content (AvgIpc) is 2.25. The van der Waals surface area contributed by atoms with Gasteiger partial charge in [0.2, 0.25) is 5.91 Å². The van der Waals surface area contributed by atoms with Crippen LogP contribution in [0.3, 0.4) is 0 Å². The number of nitrogens with one attached hydrogen (secondary N) is 2. The standard InChI is InChI=1S/C10H19N3O5/c1-10(2,8(11)17)5-12-9(18)13-6(3-4-14)7(15)16/h6,14H,3-5H2,1-2H3,(H2,11,17)(H,15,16)(H2,12,13,18). The molecule has 0 aliphatic heterocycles. The van der Waals surface area contributed by atoms with Crippen molar-refractivity contribution in [2.24, 2.45) is 11.1 Å². The van der Waals surface area contributed by atoms with Crippen LogP contribution in [0, 0.1) is 5.41 Å². The predicted octanol–water partition coefficient (Wildman–Crippen LogP) is -1.37. The van der Waals surface area contributed by atoms with E-state index in [-0.39, 0.29) is 19.6 Å². The van der Waals surface area contributed by atoms with Crippen LogP contribution in [0.5, 0.6) is 0 Å². The fraction of sp³-hybridized carbons (Fsp3) is 0.700. The molecular weight excluding hydrogens is 242 g/mol. The number of carbonyl (C=O) groups is 3. The number of carbonyl (C=O) groups excluding carboxylic acids is 2. The molecule has 0 aromatic heterocycles. The normalized spacial score (nSPS) is 12.6. The number of aliphatic carboxylic acids is 1. The van der Waals surface area contributed by atoms with Crippen LogP contribution in [0.25, 0.3) is 0 Å². The van der Waals surface area contributed by atoms with Crippen molar-refractivity contribution >= 4 is 17.9 Å². The van der Waals surface area contributed by atoms with Crippen molar-refractivity contribution in [1.82, 2.24) is 10.6 Å². The van der Waals surface area contributed by atoms with Gasteiger partial charge in [0.15, 0.2) is 0 Å². The van der Waals surface area contributed by atoms with E-state index in [9.17, 15) is 14.4 Å². The fourth-order valence-corrected chi connectivity index (χ4v) is 0.984. The van der Waals surface area contributed by atoms with Crippen LogP contribution in [0.1, 0.15) is 20.3 Å². The number of amides is 3. The Morgan fingerprint density at radius 3 is 2.28 bits per heavy atom. The molecule has 0 aromatic rings. The van der Waals surface area contributed by atoms with E-state index in [1.807, 2.05) is 0 Å². The monoisotopic (exact) mass is 261 g/mol. The highest BCUT2D eigenvalue weighted by atomic mass is 16.4. The molecule has 0 aliphatic rings. The molecule has 6 N–H and O–H groups in total. The SMILES string of the molecule is CC(C)(CNC(=O)NC(CCO)C(=O)O)C(N)=O. The molecule has 0 aliphatic carbocycles. The maximum absolute atomic E-state index is 11.4. The van der Waals surface area contributed by atoms with Gasteiger partial charge in [-0.25, -0.2) is 9.59 Å². The minimum Gasteiger partial charge on any atom is -0.480 e. The van der Waals surface area contributed by atoms with Crippen LogP contribution in [0.4, 0.5) is 4.79 Å². The second kappa shape index (κ2) is 6.80. The van der Waals surface area contributed by atoms with Crippen LogP contribution in [0.15, 0.2) is 0 Å². The Bertz CT molecular complexity index is 329. The van der Waals surface area contributed by atoms with Gasteiger partial charge < -0.3 is 26.6 Å². The summed E-state index contributed by atoms with van der Waals surface area (Å²) >= 11 is 0. The Hall–Kier alpha value is -1.83. The summed E-state index contributed by atoms with van der Waals surface area (Å²) in [6, 6.07) is -1.91. The summed E-state index contributed by atoms with van der Waals surface area (Å²) in [6.45, 7) is 2.74. The second-order valence-corrected chi connectivity index (χ2v) is 4.48. The number of hydrogen-bond acceptors (Lipinski definition) is 4. The lowest BCUT2D eigenvalue weighted by Crippen LogP contribution is -2.50. The first-order valence-electron chi connectivity index (χ1n) is 5.38. The van der Waals surface area contributed by atoms with Crippen molar-refractivity contribution in [3.63, 3.8) is 0 Å². The minimum absolute atomic E-state index is 0.0143. The lowest BCUT2D eigenvalue weighted by molar-refractivity contribution is -0.139. The first-order chi connectivity index (χ1) is 8.20. The molecule has 3 amide bonds. The molecule has 0 rings (SSSR count). The van der Waals surface area contributed by atoms with Crippen LogP contribution < -0.4 is 16.4 Å². The summed E-state index contributed by atoms with van der Waals surface area (Å²) in [5.41, 5.74) is 4.19. The first kappa shape index (κ1) is 16.2. The summed E-state index contributed by atoms with van der Waals surface area (Å²) in [7, 11) is 0. The van der Waals surface area contributed by atoms with E-state index >= 15 is 0 Å². The van der Waals surface area contributed by atoms with Gasteiger partial charge in [0.05, 0.1) is 5.41 Å². The number of aliphatic hydroxyl groups excluding tert-OH is 1. The molecule has 1 atom stereocenters. The number of nitrogens with two attached hydrogens (primary N) is 1. The highest BCUT2D eigenvalue weighted by molar-refractivity contribution is 5.84. The Morgan fingerprint density at radius 2 is 1.89 bits per heavy atom. The molecule has 8 nitrogen and oxygen atoms in total. The Balaban J connectivity index is 4.26. The topological polar surface area (TPSA) is 142 Å². The van der Waals surface area contributed by atoms with E-state index in [2.05, 4.69) is 10.6 Å². The molecule has 1 unspecified atom stereocenters. The molecule has 0 radical (unpaired) electrons. The lowest BCUT2D eigenvalue weighted by atomic mass is 9.93. The van der Waals surface area contributed by atoms with Gasteiger partial charge >= 0.3 is 12.0 Å². The predicted molar refractivity (Wildman–Crippen MR) is 62.6 cm³/mol. The number of aliphatic hydroxyl groups is 1. The van der Waals surface area contributed by atoms with Crippen molar-refractivity contribution in [2.45, 2.75) is 26.3 Å². The lowest BCUT2D eigenvalue weighted by Gasteiger charge is -2.21. The molecule has 8 heteroatoms. The van der Waals surface area contributed by atoms with Crippen LogP contribution >= 0.6 is 0 Å². The van der Waals surface area contributed by atoms with Crippen molar-refractivity contribution in [3.8, 4) is 0 Å². The van der Waals surface area contributed by atoms with E-state index in [0.717, 1.165) is 0 Å². The highest BCUT2D eigenvalue weighted by Gasteiger charge is 2.26. The third-order valence-corrected chi connectivity index (χ3v) is 2.38. The summed E-state index contributed by atoms with van der Waals surface area (Å²) < 4.78 is 0. The quantitative estimate of drug-likeness (QED) is 0.384. The molecule has 0 saturated carbocycles. The van der Waals surface area contributed by atoms with E-state index < -0.39 is 29.4 Å². The van der Waals surface area contributed by atoms with Crippen molar-refractivity contribution in [1.29, 1.82) is 0 Å². The molecule has 0 bridgehead atoms. The molecule has 0 aromatic carbocycles. The van der Waals surface area contributed by atoms with E-state index in [1.165, 1.54) is 0 Å². The third kappa shape index (κ3) is 5.48. The summed E-state index contributed by atoms with van der Waals surface area (Å²) in [5.74, 6) is -1.82. The summed E-state index contributed by atoms with van der Waals surface area (Å²) in [6.07, 6.45) is -0.0953. The third-order valence-electron chi connectivity index (χ3n) is 2.38. The Morgan fingerprint density at radius 1 is 1.33 bits per heavy atom. The van der Waals surface area contributed by atoms with Gasteiger partial charge in [0, 0.05) is 19.6 Å². The molecule has 18 heavy (non-hydrogen) atoms. The average molecular weight is 261 g/mol. The maximum Gasteiger partial charge on any atom is 0.326 e. The van der Waals surface area contributed by atoms with Gasteiger partial charge in [0.1, 0.15) is 6.04 Å². The summed E-state index contributed by atoms with van der Waals surface area (Å²) in [5, 5.41) is 21.9. The zero-order valence-corrected chi connectivity index (χ0v) is 10.4.